The molecular weight excluding hydrogens is 412 g/mol. The lowest BCUT2D eigenvalue weighted by Gasteiger charge is -2.11. The highest BCUT2D eigenvalue weighted by atomic mass is 79.9. The lowest BCUT2D eigenvalue weighted by molar-refractivity contribution is -0.142. The Labute approximate surface area is 167 Å². The number of hydrogen-bond donors (Lipinski definition) is 1. The molecule has 0 aliphatic rings. The van der Waals surface area contributed by atoms with E-state index in [2.05, 4.69) is 25.9 Å². The first kappa shape index (κ1) is 21.2. The fourth-order valence-corrected chi connectivity index (χ4v) is 3.15. The van der Waals surface area contributed by atoms with E-state index < -0.39 is 0 Å². The highest BCUT2D eigenvalue weighted by Crippen LogP contribution is 2.17. The van der Waals surface area contributed by atoms with E-state index in [4.69, 9.17) is 9.47 Å². The summed E-state index contributed by atoms with van der Waals surface area (Å²) in [6.07, 6.45) is 1.74. The summed E-state index contributed by atoms with van der Waals surface area (Å²) in [7, 11) is 0. The van der Waals surface area contributed by atoms with Crippen LogP contribution in [-0.2, 0) is 28.8 Å². The lowest BCUT2D eigenvalue weighted by Crippen LogP contribution is -2.20. The van der Waals surface area contributed by atoms with Gasteiger partial charge in [-0.2, -0.15) is 0 Å². The Morgan fingerprint density at radius 3 is 2.56 bits per heavy atom. The van der Waals surface area contributed by atoms with Crippen molar-refractivity contribution in [3.63, 3.8) is 0 Å². The molecule has 1 N–H and O–H groups in total. The highest BCUT2D eigenvalue weighted by Gasteiger charge is 2.16. The SMILES string of the molecule is CCOC(=O)C(Br)Cc1ccc(OCCc2c(C)nc(CC)[nH]c2=O)cc1. The average molecular weight is 437 g/mol. The molecule has 6 nitrogen and oxygen atoms in total. The van der Waals surface area contributed by atoms with Gasteiger partial charge in [0.15, 0.2) is 0 Å². The second-order valence-electron chi connectivity index (χ2n) is 6.10. The quantitative estimate of drug-likeness (QED) is 0.482. The van der Waals surface area contributed by atoms with E-state index in [0.717, 1.165) is 11.3 Å². The van der Waals surface area contributed by atoms with Crippen LogP contribution in [0.4, 0.5) is 0 Å². The van der Waals surface area contributed by atoms with E-state index in [0.29, 0.717) is 49.6 Å². The molecule has 1 aromatic carbocycles. The summed E-state index contributed by atoms with van der Waals surface area (Å²) < 4.78 is 10.7. The van der Waals surface area contributed by atoms with Gasteiger partial charge in [-0.25, -0.2) is 4.98 Å². The molecular formula is C20H25BrN2O4. The van der Waals surface area contributed by atoms with Crippen molar-refractivity contribution in [2.45, 2.75) is 44.9 Å². The predicted octanol–water partition coefficient (Wildman–Crippen LogP) is 3.13. The summed E-state index contributed by atoms with van der Waals surface area (Å²) >= 11 is 3.35. The van der Waals surface area contributed by atoms with E-state index in [-0.39, 0.29) is 16.4 Å². The van der Waals surface area contributed by atoms with Gasteiger partial charge in [0.25, 0.3) is 5.56 Å². The van der Waals surface area contributed by atoms with E-state index in [1.165, 1.54) is 0 Å². The van der Waals surface area contributed by atoms with Gasteiger partial charge in [-0.3, -0.25) is 9.59 Å². The number of halogens is 1. The largest absolute Gasteiger partial charge is 0.493 e. The summed E-state index contributed by atoms with van der Waals surface area (Å²) in [4.78, 5) is 30.6. The van der Waals surface area contributed by atoms with Crippen LogP contribution in [0.15, 0.2) is 29.1 Å². The van der Waals surface area contributed by atoms with Crippen LogP contribution in [0, 0.1) is 6.92 Å². The average Bonchev–Trinajstić information content (AvgIpc) is 2.65. The third kappa shape index (κ3) is 6.20. The molecule has 146 valence electrons. The second-order valence-corrected chi connectivity index (χ2v) is 7.20. The number of carbonyl (C=O) groups excluding carboxylic acids is 1. The zero-order valence-electron chi connectivity index (χ0n) is 15.9. The number of nitrogens with zero attached hydrogens (tertiary/aromatic N) is 1. The topological polar surface area (TPSA) is 81.3 Å². The van der Waals surface area contributed by atoms with Crippen molar-refractivity contribution in [2.75, 3.05) is 13.2 Å². The maximum atomic E-state index is 12.1. The van der Waals surface area contributed by atoms with Crippen molar-refractivity contribution in [3.05, 3.63) is 57.3 Å². The van der Waals surface area contributed by atoms with Crippen molar-refractivity contribution in [1.82, 2.24) is 9.97 Å². The van der Waals surface area contributed by atoms with Crippen molar-refractivity contribution >= 4 is 21.9 Å². The fourth-order valence-electron chi connectivity index (χ4n) is 2.65. The number of aryl methyl sites for hydroxylation is 2. The number of alkyl halides is 1. The number of carbonyl (C=O) groups is 1. The number of esters is 1. The molecule has 1 atom stereocenters. The van der Waals surface area contributed by atoms with Crippen molar-refractivity contribution < 1.29 is 14.3 Å². The van der Waals surface area contributed by atoms with Gasteiger partial charge in [0, 0.05) is 24.1 Å². The molecule has 0 saturated carbocycles. The Kier molecular flexibility index (Phi) is 8.03. The van der Waals surface area contributed by atoms with Gasteiger partial charge in [0.1, 0.15) is 16.4 Å². The minimum Gasteiger partial charge on any atom is -0.493 e. The normalized spacial score (nSPS) is 11.9. The summed E-state index contributed by atoms with van der Waals surface area (Å²) in [5, 5.41) is 0. The van der Waals surface area contributed by atoms with Crippen LogP contribution >= 0.6 is 15.9 Å². The number of ether oxygens (including phenoxy) is 2. The van der Waals surface area contributed by atoms with E-state index in [1.54, 1.807) is 6.92 Å². The second kappa shape index (κ2) is 10.3. The molecule has 1 aromatic heterocycles. The molecule has 27 heavy (non-hydrogen) atoms. The minimum absolute atomic E-state index is 0.0966. The Morgan fingerprint density at radius 2 is 1.96 bits per heavy atom. The van der Waals surface area contributed by atoms with Gasteiger partial charge in [-0.15, -0.1) is 0 Å². The predicted molar refractivity (Wildman–Crippen MR) is 108 cm³/mol. The first-order valence-electron chi connectivity index (χ1n) is 9.05. The molecule has 2 aromatic rings. The molecule has 0 fully saturated rings. The smallest absolute Gasteiger partial charge is 0.320 e. The van der Waals surface area contributed by atoms with Crippen LogP contribution in [0.25, 0.3) is 0 Å². The lowest BCUT2D eigenvalue weighted by atomic mass is 10.1. The van der Waals surface area contributed by atoms with E-state index in [9.17, 15) is 9.59 Å². The maximum Gasteiger partial charge on any atom is 0.320 e. The summed E-state index contributed by atoms with van der Waals surface area (Å²) in [5.41, 5.74) is 2.31. The van der Waals surface area contributed by atoms with Gasteiger partial charge in [0.2, 0.25) is 0 Å². The Morgan fingerprint density at radius 1 is 1.26 bits per heavy atom. The zero-order valence-corrected chi connectivity index (χ0v) is 17.5. The van der Waals surface area contributed by atoms with Gasteiger partial charge >= 0.3 is 5.97 Å². The fraction of sp³-hybridized carbons (Fsp3) is 0.450. The number of H-pyrrole nitrogens is 1. The van der Waals surface area contributed by atoms with Crippen LogP contribution in [0.3, 0.4) is 0 Å². The number of benzene rings is 1. The molecule has 0 saturated heterocycles. The maximum absolute atomic E-state index is 12.1. The van der Waals surface area contributed by atoms with Crippen LogP contribution in [0.5, 0.6) is 5.75 Å². The van der Waals surface area contributed by atoms with Gasteiger partial charge < -0.3 is 14.5 Å². The number of nitrogens with one attached hydrogen (secondary N) is 1. The monoisotopic (exact) mass is 436 g/mol. The molecule has 1 unspecified atom stereocenters. The molecule has 0 aliphatic carbocycles. The van der Waals surface area contributed by atoms with Crippen LogP contribution < -0.4 is 10.3 Å². The Bertz CT molecular complexity index is 818. The number of hydrogen-bond acceptors (Lipinski definition) is 5. The molecule has 0 amide bonds. The number of aromatic amines is 1. The van der Waals surface area contributed by atoms with Crippen LogP contribution in [-0.4, -0.2) is 34.0 Å². The molecule has 2 rings (SSSR count). The Hall–Kier alpha value is -2.15. The molecule has 7 heteroatoms. The number of rotatable bonds is 9. The van der Waals surface area contributed by atoms with E-state index in [1.807, 2.05) is 38.1 Å². The van der Waals surface area contributed by atoms with E-state index >= 15 is 0 Å². The van der Waals surface area contributed by atoms with Gasteiger partial charge in [-0.1, -0.05) is 35.0 Å². The molecule has 0 aliphatic heterocycles. The Balaban J connectivity index is 1.89. The third-order valence-corrected chi connectivity index (χ3v) is 4.81. The zero-order chi connectivity index (χ0) is 19.8. The minimum atomic E-state index is -0.363. The first-order valence-corrected chi connectivity index (χ1v) is 9.97. The highest BCUT2D eigenvalue weighted by molar-refractivity contribution is 9.10. The molecule has 0 bridgehead atoms. The van der Waals surface area contributed by atoms with Gasteiger partial charge in [-0.05, 0) is 38.0 Å². The summed E-state index contributed by atoms with van der Waals surface area (Å²) in [6.45, 7) is 6.34. The van der Waals surface area contributed by atoms with Crippen molar-refractivity contribution in [3.8, 4) is 5.75 Å². The summed E-state index contributed by atoms with van der Waals surface area (Å²) in [6, 6.07) is 7.54. The van der Waals surface area contributed by atoms with Gasteiger partial charge in [0.05, 0.1) is 13.2 Å². The molecule has 0 spiro atoms. The van der Waals surface area contributed by atoms with Crippen LogP contribution in [0.2, 0.25) is 0 Å². The van der Waals surface area contributed by atoms with Crippen molar-refractivity contribution in [2.24, 2.45) is 0 Å². The van der Waals surface area contributed by atoms with Crippen LogP contribution in [0.1, 0.15) is 36.5 Å². The first-order chi connectivity index (χ1) is 12.9. The summed E-state index contributed by atoms with van der Waals surface area (Å²) in [5.74, 6) is 1.15. The third-order valence-electron chi connectivity index (χ3n) is 4.11. The standard InChI is InChI=1S/C20H25BrN2O4/c1-4-18-22-13(3)16(19(24)23-18)10-11-27-15-8-6-14(7-9-15)12-17(21)20(25)26-5-2/h6-9,17H,4-5,10-12H2,1-3H3,(H,22,23,24). The molecule has 1 heterocycles. The molecule has 0 radical (unpaired) electrons. The number of aromatic nitrogens is 2. The van der Waals surface area contributed by atoms with Crippen molar-refractivity contribution in [1.29, 1.82) is 0 Å².